The van der Waals surface area contributed by atoms with Crippen LogP contribution in [0, 0.1) is 11.8 Å². The molecule has 0 aromatic carbocycles. The molecule has 1 fully saturated rings. The third-order valence-corrected chi connectivity index (χ3v) is 3.81. The number of rotatable bonds is 0. The molecule has 0 radical (unpaired) electrons. The minimum absolute atomic E-state index is 0.780. The van der Waals surface area contributed by atoms with Gasteiger partial charge in [-0.25, -0.2) is 0 Å². The van der Waals surface area contributed by atoms with Crippen molar-refractivity contribution in [1.29, 1.82) is 0 Å². The number of nitrogens with one attached hydrogen (secondary N) is 1. The molecule has 4 unspecified atom stereocenters. The Bertz CT molecular complexity index is 228. The minimum atomic E-state index is 0.780. The molecule has 0 saturated carbocycles. The van der Waals surface area contributed by atoms with Crippen molar-refractivity contribution >= 4 is 0 Å². The summed E-state index contributed by atoms with van der Waals surface area (Å²) >= 11 is 0. The van der Waals surface area contributed by atoms with Gasteiger partial charge in [-0.1, -0.05) is 24.3 Å². The number of allylic oxidation sites excluding steroid dienone is 2. The molecule has 0 bridgehead atoms. The molecule has 3 aliphatic rings. The molecule has 3 rings (SSSR count). The molecule has 1 nitrogen and oxygen atoms in total. The zero-order chi connectivity index (χ0) is 8.67. The van der Waals surface area contributed by atoms with Crippen LogP contribution < -0.4 is 5.32 Å². The van der Waals surface area contributed by atoms with Gasteiger partial charge in [0, 0.05) is 12.1 Å². The lowest BCUT2D eigenvalue weighted by molar-refractivity contribution is 0.434. The summed E-state index contributed by atoms with van der Waals surface area (Å²) in [4.78, 5) is 0. The van der Waals surface area contributed by atoms with Gasteiger partial charge in [-0.3, -0.25) is 0 Å². The van der Waals surface area contributed by atoms with Crippen LogP contribution in [0.3, 0.4) is 0 Å². The van der Waals surface area contributed by atoms with Crippen molar-refractivity contribution in [3.63, 3.8) is 0 Å². The second kappa shape index (κ2) is 2.98. The van der Waals surface area contributed by atoms with E-state index in [0.717, 1.165) is 23.9 Å². The summed E-state index contributed by atoms with van der Waals surface area (Å²) in [6.45, 7) is 0. The van der Waals surface area contributed by atoms with Gasteiger partial charge in [0.05, 0.1) is 0 Å². The standard InChI is InChI=1S/C12H17N/c1-3-7-11-9(5-1)10-6-2-4-8-12(10)13-11/h1-2,5-6,9-13H,3-4,7-8H2. The minimum Gasteiger partial charge on any atom is -0.310 e. The van der Waals surface area contributed by atoms with Crippen molar-refractivity contribution in [3.8, 4) is 0 Å². The van der Waals surface area contributed by atoms with Gasteiger partial charge in [0.15, 0.2) is 0 Å². The van der Waals surface area contributed by atoms with Crippen LogP contribution >= 0.6 is 0 Å². The first-order valence-electron chi connectivity index (χ1n) is 5.54. The van der Waals surface area contributed by atoms with E-state index >= 15 is 0 Å². The Morgan fingerprint density at radius 1 is 0.846 bits per heavy atom. The van der Waals surface area contributed by atoms with E-state index in [1.165, 1.54) is 25.7 Å². The van der Waals surface area contributed by atoms with E-state index in [9.17, 15) is 0 Å². The summed E-state index contributed by atoms with van der Waals surface area (Å²) < 4.78 is 0. The Morgan fingerprint density at radius 3 is 1.92 bits per heavy atom. The average molecular weight is 175 g/mol. The number of hydrogen-bond donors (Lipinski definition) is 1. The van der Waals surface area contributed by atoms with Crippen LogP contribution in [0.4, 0.5) is 0 Å². The van der Waals surface area contributed by atoms with Crippen molar-refractivity contribution in [3.05, 3.63) is 24.3 Å². The van der Waals surface area contributed by atoms with E-state index < -0.39 is 0 Å². The molecular formula is C12H17N. The second-order valence-electron chi connectivity index (χ2n) is 4.55. The predicted octanol–water partition coefficient (Wildman–Crippen LogP) is 2.26. The van der Waals surface area contributed by atoms with Crippen LogP contribution in [0.15, 0.2) is 24.3 Å². The topological polar surface area (TPSA) is 12.0 Å². The van der Waals surface area contributed by atoms with Crippen LogP contribution in [-0.4, -0.2) is 12.1 Å². The van der Waals surface area contributed by atoms with E-state index in [0.29, 0.717) is 0 Å². The van der Waals surface area contributed by atoms with Crippen LogP contribution in [-0.2, 0) is 0 Å². The second-order valence-corrected chi connectivity index (χ2v) is 4.55. The summed E-state index contributed by atoms with van der Waals surface area (Å²) in [5.41, 5.74) is 0. The normalized spacial score (nSPS) is 47.4. The quantitative estimate of drug-likeness (QED) is 0.557. The molecule has 1 saturated heterocycles. The van der Waals surface area contributed by atoms with E-state index in [2.05, 4.69) is 29.6 Å². The van der Waals surface area contributed by atoms with Gasteiger partial charge in [0.25, 0.3) is 0 Å². The highest BCUT2D eigenvalue weighted by Crippen LogP contribution is 2.38. The highest BCUT2D eigenvalue weighted by molar-refractivity contribution is 5.16. The maximum atomic E-state index is 3.79. The Morgan fingerprint density at radius 2 is 1.38 bits per heavy atom. The molecule has 1 N–H and O–H groups in total. The Kier molecular flexibility index (Phi) is 1.79. The third-order valence-electron chi connectivity index (χ3n) is 3.81. The van der Waals surface area contributed by atoms with E-state index in [1.54, 1.807) is 0 Å². The first-order chi connectivity index (χ1) is 6.45. The summed E-state index contributed by atoms with van der Waals surface area (Å²) in [5, 5.41) is 3.79. The summed E-state index contributed by atoms with van der Waals surface area (Å²) in [7, 11) is 0. The fourth-order valence-electron chi connectivity index (χ4n) is 3.17. The average Bonchev–Trinajstić information content (AvgIpc) is 2.56. The monoisotopic (exact) mass is 175 g/mol. The van der Waals surface area contributed by atoms with E-state index in [1.807, 2.05) is 0 Å². The van der Waals surface area contributed by atoms with Gasteiger partial charge in [0.1, 0.15) is 0 Å². The Hall–Kier alpha value is -0.560. The van der Waals surface area contributed by atoms with Gasteiger partial charge in [0.2, 0.25) is 0 Å². The summed E-state index contributed by atoms with van der Waals surface area (Å²) in [6, 6.07) is 1.56. The predicted molar refractivity (Wildman–Crippen MR) is 54.4 cm³/mol. The van der Waals surface area contributed by atoms with Crippen molar-refractivity contribution in [2.24, 2.45) is 11.8 Å². The van der Waals surface area contributed by atoms with Crippen molar-refractivity contribution in [1.82, 2.24) is 5.32 Å². The highest BCUT2D eigenvalue weighted by Gasteiger charge is 2.40. The molecule has 0 aromatic rings. The molecule has 0 aromatic heterocycles. The zero-order valence-electron chi connectivity index (χ0n) is 7.95. The van der Waals surface area contributed by atoms with Gasteiger partial charge >= 0.3 is 0 Å². The number of hydrogen-bond acceptors (Lipinski definition) is 1. The lowest BCUT2D eigenvalue weighted by atomic mass is 9.79. The summed E-state index contributed by atoms with van der Waals surface area (Å²) in [6.07, 6.45) is 14.9. The number of fused-ring (bicyclic) bond motifs is 3. The fraction of sp³-hybridized carbons (Fsp3) is 0.667. The lowest BCUT2D eigenvalue weighted by Crippen LogP contribution is -2.32. The largest absolute Gasteiger partial charge is 0.310 e. The van der Waals surface area contributed by atoms with Gasteiger partial charge in [-0.05, 0) is 37.5 Å². The van der Waals surface area contributed by atoms with Crippen molar-refractivity contribution in [2.45, 2.75) is 37.8 Å². The van der Waals surface area contributed by atoms with Gasteiger partial charge in [-0.2, -0.15) is 0 Å². The van der Waals surface area contributed by atoms with Crippen molar-refractivity contribution < 1.29 is 0 Å². The highest BCUT2D eigenvalue weighted by atomic mass is 15.0. The molecule has 2 aliphatic carbocycles. The van der Waals surface area contributed by atoms with Crippen LogP contribution in [0.25, 0.3) is 0 Å². The van der Waals surface area contributed by atoms with Gasteiger partial charge < -0.3 is 5.32 Å². The zero-order valence-corrected chi connectivity index (χ0v) is 7.95. The first-order valence-corrected chi connectivity index (χ1v) is 5.54. The van der Waals surface area contributed by atoms with Crippen LogP contribution in [0.5, 0.6) is 0 Å². The van der Waals surface area contributed by atoms with Crippen LogP contribution in [0.1, 0.15) is 25.7 Å². The maximum Gasteiger partial charge on any atom is 0.0142 e. The molecule has 13 heavy (non-hydrogen) atoms. The fourth-order valence-corrected chi connectivity index (χ4v) is 3.17. The maximum absolute atomic E-state index is 3.79. The van der Waals surface area contributed by atoms with E-state index in [4.69, 9.17) is 0 Å². The lowest BCUT2D eigenvalue weighted by Gasteiger charge is -2.24. The molecule has 4 atom stereocenters. The molecule has 1 aliphatic heterocycles. The van der Waals surface area contributed by atoms with Crippen molar-refractivity contribution in [2.75, 3.05) is 0 Å². The smallest absolute Gasteiger partial charge is 0.0142 e. The Labute approximate surface area is 79.9 Å². The summed E-state index contributed by atoms with van der Waals surface area (Å²) in [5.74, 6) is 1.60. The molecule has 0 spiro atoms. The molecule has 1 heterocycles. The molecular weight excluding hydrogens is 158 g/mol. The Balaban J connectivity index is 1.89. The third kappa shape index (κ3) is 1.18. The molecule has 1 heteroatoms. The SMILES string of the molecule is C1=CC2C(CC1)NC1CCC=CC12. The van der Waals surface area contributed by atoms with Gasteiger partial charge in [-0.15, -0.1) is 0 Å². The van der Waals surface area contributed by atoms with Crippen LogP contribution in [0.2, 0.25) is 0 Å². The van der Waals surface area contributed by atoms with E-state index in [-0.39, 0.29) is 0 Å². The molecule has 70 valence electrons. The molecule has 0 amide bonds. The first kappa shape index (κ1) is 7.81.